The Morgan fingerprint density at radius 3 is 2.69 bits per heavy atom. The maximum absolute atomic E-state index is 12.4. The van der Waals surface area contributed by atoms with Gasteiger partial charge in [-0.3, -0.25) is 9.89 Å². The first-order chi connectivity index (χ1) is 12.4. The maximum atomic E-state index is 12.4. The average Bonchev–Trinajstić information content (AvgIpc) is 2.96. The highest BCUT2D eigenvalue weighted by molar-refractivity contribution is 6.00. The number of nitrogens with zero attached hydrogens (tertiary/aromatic N) is 1. The first kappa shape index (κ1) is 17.8. The Balaban J connectivity index is 1.88. The molecule has 26 heavy (non-hydrogen) atoms. The minimum atomic E-state index is -4.74. The van der Waals surface area contributed by atoms with Crippen molar-refractivity contribution in [2.45, 2.75) is 26.1 Å². The molecule has 3 rings (SSSR count). The third-order valence-corrected chi connectivity index (χ3v) is 3.70. The van der Waals surface area contributed by atoms with Gasteiger partial charge in [-0.2, -0.15) is 5.10 Å². The van der Waals surface area contributed by atoms with Crippen LogP contribution in [0.2, 0.25) is 0 Å². The Morgan fingerprint density at radius 1 is 1.19 bits per heavy atom. The molecule has 1 heterocycles. The monoisotopic (exact) mass is 363 g/mol. The molecule has 0 spiro atoms. The Hall–Kier alpha value is -3.03. The SMILES string of the molecule is CCCC(=O)Nc1n[nH]c2cc(-c3cccc(OC(F)(F)F)c3)ccc12. The molecule has 0 bridgehead atoms. The molecule has 2 aromatic carbocycles. The number of alkyl halides is 3. The summed E-state index contributed by atoms with van der Waals surface area (Å²) in [6, 6.07) is 11.0. The van der Waals surface area contributed by atoms with Crippen molar-refractivity contribution in [3.05, 3.63) is 42.5 Å². The molecule has 136 valence electrons. The number of halogens is 3. The topological polar surface area (TPSA) is 67.0 Å². The zero-order valence-corrected chi connectivity index (χ0v) is 13.9. The van der Waals surface area contributed by atoms with Crippen LogP contribution in [0.3, 0.4) is 0 Å². The lowest BCUT2D eigenvalue weighted by Gasteiger charge is -2.10. The highest BCUT2D eigenvalue weighted by Crippen LogP contribution is 2.30. The summed E-state index contributed by atoms with van der Waals surface area (Å²) in [5.41, 5.74) is 1.93. The number of carbonyl (C=O) groups excluding carboxylic acids is 1. The Bertz CT molecular complexity index is 935. The fourth-order valence-electron chi connectivity index (χ4n) is 2.59. The molecule has 2 N–H and O–H groups in total. The highest BCUT2D eigenvalue weighted by atomic mass is 19.4. The van der Waals surface area contributed by atoms with E-state index in [1.54, 1.807) is 24.3 Å². The zero-order chi connectivity index (χ0) is 18.7. The second kappa shape index (κ2) is 7.07. The van der Waals surface area contributed by atoms with Crippen LogP contribution >= 0.6 is 0 Å². The van der Waals surface area contributed by atoms with Crippen LogP contribution in [0.4, 0.5) is 19.0 Å². The standard InChI is InChI=1S/C18H16F3N3O2/c1-2-4-16(25)22-17-14-8-7-12(10-15(14)23-24-17)11-5-3-6-13(9-11)26-18(19,20)21/h3,5-10H,2,4H2,1H3,(H2,22,23,24,25). The Labute approximate surface area is 147 Å². The van der Waals surface area contributed by atoms with Crippen molar-refractivity contribution >= 4 is 22.6 Å². The summed E-state index contributed by atoms with van der Waals surface area (Å²) in [5.74, 6) is 0.0216. The molecule has 1 amide bonds. The van der Waals surface area contributed by atoms with Crippen LogP contribution in [0.5, 0.6) is 5.75 Å². The molecule has 3 aromatic rings. The lowest BCUT2D eigenvalue weighted by Crippen LogP contribution is -2.17. The van der Waals surface area contributed by atoms with E-state index in [4.69, 9.17) is 0 Å². The minimum Gasteiger partial charge on any atom is -0.406 e. The number of aromatic amines is 1. The highest BCUT2D eigenvalue weighted by Gasteiger charge is 2.31. The van der Waals surface area contributed by atoms with Gasteiger partial charge in [0.1, 0.15) is 5.75 Å². The largest absolute Gasteiger partial charge is 0.573 e. The summed E-state index contributed by atoms with van der Waals surface area (Å²) in [7, 11) is 0. The van der Waals surface area contributed by atoms with Gasteiger partial charge < -0.3 is 10.1 Å². The van der Waals surface area contributed by atoms with Crippen molar-refractivity contribution in [3.63, 3.8) is 0 Å². The minimum absolute atomic E-state index is 0.123. The molecule has 0 aliphatic rings. The molecule has 5 nitrogen and oxygen atoms in total. The summed E-state index contributed by atoms with van der Waals surface area (Å²) in [6.45, 7) is 1.91. The van der Waals surface area contributed by atoms with Crippen molar-refractivity contribution in [1.82, 2.24) is 10.2 Å². The summed E-state index contributed by atoms with van der Waals surface area (Å²) in [4.78, 5) is 11.7. The van der Waals surface area contributed by atoms with Gasteiger partial charge >= 0.3 is 6.36 Å². The van der Waals surface area contributed by atoms with Gasteiger partial charge in [0.15, 0.2) is 5.82 Å². The summed E-state index contributed by atoms with van der Waals surface area (Å²) in [5, 5.41) is 10.4. The number of amides is 1. The molecule has 8 heteroatoms. The predicted molar refractivity (Wildman–Crippen MR) is 91.8 cm³/mol. The van der Waals surface area contributed by atoms with Gasteiger partial charge in [0.25, 0.3) is 0 Å². The van der Waals surface area contributed by atoms with E-state index in [9.17, 15) is 18.0 Å². The van der Waals surface area contributed by atoms with Crippen LogP contribution in [0.15, 0.2) is 42.5 Å². The van der Waals surface area contributed by atoms with Crippen LogP contribution in [-0.4, -0.2) is 22.5 Å². The molecular weight excluding hydrogens is 347 g/mol. The third-order valence-electron chi connectivity index (χ3n) is 3.70. The van der Waals surface area contributed by atoms with Crippen LogP contribution in [-0.2, 0) is 4.79 Å². The number of carbonyl (C=O) groups is 1. The number of hydrogen-bond acceptors (Lipinski definition) is 3. The van der Waals surface area contributed by atoms with Crippen LogP contribution in [0.1, 0.15) is 19.8 Å². The molecular formula is C18H16F3N3O2. The second-order valence-electron chi connectivity index (χ2n) is 5.71. The molecule has 0 aliphatic heterocycles. The van der Waals surface area contributed by atoms with Gasteiger partial charge in [0, 0.05) is 11.8 Å². The Morgan fingerprint density at radius 2 is 1.96 bits per heavy atom. The molecule has 0 fully saturated rings. The van der Waals surface area contributed by atoms with E-state index < -0.39 is 6.36 Å². The first-order valence-electron chi connectivity index (χ1n) is 8.00. The molecule has 0 radical (unpaired) electrons. The number of ether oxygens (including phenoxy) is 1. The summed E-state index contributed by atoms with van der Waals surface area (Å²) < 4.78 is 41.1. The van der Waals surface area contributed by atoms with E-state index in [2.05, 4.69) is 20.3 Å². The zero-order valence-electron chi connectivity index (χ0n) is 13.9. The van der Waals surface area contributed by atoms with Gasteiger partial charge in [0.2, 0.25) is 5.91 Å². The van der Waals surface area contributed by atoms with E-state index in [1.807, 2.05) is 6.92 Å². The summed E-state index contributed by atoms with van der Waals surface area (Å²) >= 11 is 0. The second-order valence-corrected chi connectivity index (χ2v) is 5.71. The number of nitrogens with one attached hydrogen (secondary N) is 2. The van der Waals surface area contributed by atoms with Crippen molar-refractivity contribution in [2.24, 2.45) is 0 Å². The van der Waals surface area contributed by atoms with Crippen molar-refractivity contribution < 1.29 is 22.7 Å². The maximum Gasteiger partial charge on any atom is 0.573 e. The van der Waals surface area contributed by atoms with Gasteiger partial charge in [-0.1, -0.05) is 25.1 Å². The van der Waals surface area contributed by atoms with E-state index >= 15 is 0 Å². The van der Waals surface area contributed by atoms with Crippen LogP contribution in [0.25, 0.3) is 22.0 Å². The average molecular weight is 363 g/mol. The van der Waals surface area contributed by atoms with E-state index in [-0.39, 0.29) is 11.7 Å². The normalized spacial score (nSPS) is 11.5. The van der Waals surface area contributed by atoms with Gasteiger partial charge in [0.05, 0.1) is 5.52 Å². The number of rotatable bonds is 5. The van der Waals surface area contributed by atoms with E-state index in [0.717, 1.165) is 11.8 Å². The lowest BCUT2D eigenvalue weighted by molar-refractivity contribution is -0.274. The van der Waals surface area contributed by atoms with E-state index in [0.29, 0.717) is 28.9 Å². The van der Waals surface area contributed by atoms with Crippen LogP contribution in [0, 0.1) is 0 Å². The van der Waals surface area contributed by atoms with Gasteiger partial charge in [-0.05, 0) is 41.8 Å². The fraction of sp³-hybridized carbons (Fsp3) is 0.222. The van der Waals surface area contributed by atoms with Gasteiger partial charge in [-0.15, -0.1) is 13.2 Å². The van der Waals surface area contributed by atoms with Crippen molar-refractivity contribution in [3.8, 4) is 16.9 Å². The third kappa shape index (κ3) is 4.14. The molecule has 0 saturated carbocycles. The first-order valence-corrected chi connectivity index (χ1v) is 8.00. The number of anilines is 1. The van der Waals surface area contributed by atoms with Crippen molar-refractivity contribution in [1.29, 1.82) is 0 Å². The number of hydrogen-bond donors (Lipinski definition) is 2. The molecule has 0 aliphatic carbocycles. The van der Waals surface area contributed by atoms with Gasteiger partial charge in [-0.25, -0.2) is 0 Å². The van der Waals surface area contributed by atoms with E-state index in [1.165, 1.54) is 18.2 Å². The Kier molecular flexibility index (Phi) is 4.83. The van der Waals surface area contributed by atoms with Crippen LogP contribution < -0.4 is 10.1 Å². The number of H-pyrrole nitrogens is 1. The smallest absolute Gasteiger partial charge is 0.406 e. The number of benzene rings is 2. The summed E-state index contributed by atoms with van der Waals surface area (Å²) in [6.07, 6.45) is -3.61. The number of fused-ring (bicyclic) bond motifs is 1. The molecule has 1 aromatic heterocycles. The van der Waals surface area contributed by atoms with Crippen molar-refractivity contribution in [2.75, 3.05) is 5.32 Å². The quantitative estimate of drug-likeness (QED) is 0.680. The molecule has 0 saturated heterocycles. The molecule has 0 atom stereocenters. The predicted octanol–water partition coefficient (Wildman–Crippen LogP) is 4.87. The fourth-order valence-corrected chi connectivity index (χ4v) is 2.59. The number of aromatic nitrogens is 2. The molecule has 0 unspecified atom stereocenters. The lowest BCUT2D eigenvalue weighted by atomic mass is 10.0.